The topological polar surface area (TPSA) is 61.5 Å². The van der Waals surface area contributed by atoms with Crippen LogP contribution in [-0.2, 0) is 11.3 Å². The van der Waals surface area contributed by atoms with Crippen molar-refractivity contribution in [1.82, 2.24) is 0 Å². The summed E-state index contributed by atoms with van der Waals surface area (Å²) < 4.78 is 10.4. The second-order valence-electron chi connectivity index (χ2n) is 4.52. The van der Waals surface area contributed by atoms with E-state index >= 15 is 0 Å². The number of nitrogens with two attached hydrogens (primary N) is 1. The average molecular weight is 271 g/mol. The predicted octanol–water partition coefficient (Wildman–Crippen LogP) is 2.94. The Hall–Kier alpha value is -2.49. The van der Waals surface area contributed by atoms with E-state index < -0.39 is 5.97 Å². The molecule has 0 aliphatic rings. The summed E-state index contributed by atoms with van der Waals surface area (Å²) in [6.45, 7) is 2.40. The Balaban J connectivity index is 2.19. The molecule has 2 N–H and O–H groups in total. The Morgan fingerprint density at radius 2 is 2.00 bits per heavy atom. The number of methoxy groups -OCH3 is 1. The number of ether oxygens (including phenoxy) is 2. The zero-order chi connectivity index (χ0) is 14.5. The largest absolute Gasteiger partial charge is 0.488 e. The highest BCUT2D eigenvalue weighted by molar-refractivity contribution is 5.93. The van der Waals surface area contributed by atoms with Crippen LogP contribution in [0.5, 0.6) is 5.75 Å². The number of hydrogen-bond acceptors (Lipinski definition) is 4. The van der Waals surface area contributed by atoms with Crippen molar-refractivity contribution in [3.8, 4) is 5.75 Å². The summed E-state index contributed by atoms with van der Waals surface area (Å²) in [7, 11) is 1.33. The van der Waals surface area contributed by atoms with E-state index in [9.17, 15) is 4.79 Å². The minimum atomic E-state index is -0.462. The Kier molecular flexibility index (Phi) is 4.25. The SMILES string of the molecule is COC(=O)c1cc(N)ccc1OCc1cccc(C)c1. The van der Waals surface area contributed by atoms with Crippen LogP contribution in [0, 0.1) is 6.92 Å². The molecule has 0 aromatic heterocycles. The van der Waals surface area contributed by atoms with Gasteiger partial charge in [-0.25, -0.2) is 4.79 Å². The van der Waals surface area contributed by atoms with Gasteiger partial charge in [-0.3, -0.25) is 0 Å². The van der Waals surface area contributed by atoms with Crippen LogP contribution in [0.25, 0.3) is 0 Å². The van der Waals surface area contributed by atoms with Gasteiger partial charge in [-0.05, 0) is 30.7 Å². The lowest BCUT2D eigenvalue weighted by molar-refractivity contribution is 0.0595. The molecular formula is C16H17NO3. The molecule has 2 aromatic carbocycles. The summed E-state index contributed by atoms with van der Waals surface area (Å²) in [5, 5.41) is 0. The molecule has 2 rings (SSSR count). The third kappa shape index (κ3) is 3.29. The fourth-order valence-electron chi connectivity index (χ4n) is 1.91. The van der Waals surface area contributed by atoms with E-state index in [4.69, 9.17) is 15.2 Å². The van der Waals surface area contributed by atoms with Gasteiger partial charge in [0.05, 0.1) is 7.11 Å². The first-order valence-electron chi connectivity index (χ1n) is 6.26. The molecule has 0 saturated heterocycles. The third-order valence-corrected chi connectivity index (χ3v) is 2.89. The van der Waals surface area contributed by atoms with Crippen molar-refractivity contribution >= 4 is 11.7 Å². The number of carbonyl (C=O) groups excluding carboxylic acids is 1. The van der Waals surface area contributed by atoms with Gasteiger partial charge in [0, 0.05) is 5.69 Å². The van der Waals surface area contributed by atoms with Crippen molar-refractivity contribution in [3.05, 3.63) is 59.2 Å². The fourth-order valence-corrected chi connectivity index (χ4v) is 1.91. The van der Waals surface area contributed by atoms with Gasteiger partial charge in [0.15, 0.2) is 0 Å². The van der Waals surface area contributed by atoms with Gasteiger partial charge in [0.2, 0.25) is 0 Å². The van der Waals surface area contributed by atoms with Gasteiger partial charge in [0.1, 0.15) is 17.9 Å². The number of benzene rings is 2. The van der Waals surface area contributed by atoms with Crippen LogP contribution in [0.3, 0.4) is 0 Å². The Morgan fingerprint density at radius 1 is 1.20 bits per heavy atom. The number of nitrogen functional groups attached to an aromatic ring is 1. The minimum absolute atomic E-state index is 0.333. The first kappa shape index (κ1) is 13.9. The lowest BCUT2D eigenvalue weighted by Gasteiger charge is -2.11. The number of carbonyl (C=O) groups is 1. The Morgan fingerprint density at radius 3 is 2.70 bits per heavy atom. The van der Waals surface area contributed by atoms with E-state index in [0.717, 1.165) is 11.1 Å². The molecule has 4 nitrogen and oxygen atoms in total. The molecule has 0 aliphatic carbocycles. The van der Waals surface area contributed by atoms with Gasteiger partial charge >= 0.3 is 5.97 Å². The summed E-state index contributed by atoms with van der Waals surface area (Å²) in [5.41, 5.74) is 8.71. The van der Waals surface area contributed by atoms with Crippen molar-refractivity contribution < 1.29 is 14.3 Å². The Labute approximate surface area is 118 Å². The van der Waals surface area contributed by atoms with Crippen molar-refractivity contribution in [2.24, 2.45) is 0 Å². The number of aryl methyl sites for hydroxylation is 1. The molecule has 0 atom stereocenters. The summed E-state index contributed by atoms with van der Waals surface area (Å²) >= 11 is 0. The number of esters is 1. The molecule has 4 heteroatoms. The van der Waals surface area contributed by atoms with Gasteiger partial charge in [-0.1, -0.05) is 29.8 Å². The van der Waals surface area contributed by atoms with Crippen LogP contribution in [-0.4, -0.2) is 13.1 Å². The van der Waals surface area contributed by atoms with Crippen LogP contribution in [0.2, 0.25) is 0 Å². The number of anilines is 1. The molecule has 0 amide bonds. The minimum Gasteiger partial charge on any atom is -0.488 e. The summed E-state index contributed by atoms with van der Waals surface area (Å²) in [6.07, 6.45) is 0. The highest BCUT2D eigenvalue weighted by atomic mass is 16.5. The standard InChI is InChI=1S/C16H17NO3/c1-11-4-3-5-12(8-11)10-20-15-7-6-13(17)9-14(15)16(18)19-2/h3-9H,10,17H2,1-2H3. The molecule has 0 bridgehead atoms. The van der Waals surface area contributed by atoms with Gasteiger partial charge in [-0.15, -0.1) is 0 Å². The summed E-state index contributed by atoms with van der Waals surface area (Å²) in [5.74, 6) is 0.00379. The van der Waals surface area contributed by atoms with Crippen LogP contribution >= 0.6 is 0 Å². The highest BCUT2D eigenvalue weighted by Crippen LogP contribution is 2.23. The zero-order valence-corrected chi connectivity index (χ0v) is 11.6. The van der Waals surface area contributed by atoms with Crippen molar-refractivity contribution in [2.75, 3.05) is 12.8 Å². The lowest BCUT2D eigenvalue weighted by Crippen LogP contribution is -2.06. The zero-order valence-electron chi connectivity index (χ0n) is 11.6. The molecule has 20 heavy (non-hydrogen) atoms. The molecule has 0 saturated carbocycles. The maximum absolute atomic E-state index is 11.7. The quantitative estimate of drug-likeness (QED) is 0.686. The molecule has 0 aliphatic heterocycles. The van der Waals surface area contributed by atoms with Gasteiger partial charge in [0.25, 0.3) is 0 Å². The summed E-state index contributed by atoms with van der Waals surface area (Å²) in [6, 6.07) is 12.9. The average Bonchev–Trinajstić information content (AvgIpc) is 2.45. The van der Waals surface area contributed by atoms with E-state index in [1.54, 1.807) is 18.2 Å². The van der Waals surface area contributed by atoms with Crippen LogP contribution < -0.4 is 10.5 Å². The molecule has 0 heterocycles. The fraction of sp³-hybridized carbons (Fsp3) is 0.188. The number of hydrogen-bond donors (Lipinski definition) is 1. The maximum Gasteiger partial charge on any atom is 0.341 e. The first-order chi connectivity index (χ1) is 9.60. The van der Waals surface area contributed by atoms with E-state index in [2.05, 4.69) is 0 Å². The number of rotatable bonds is 4. The third-order valence-electron chi connectivity index (χ3n) is 2.89. The van der Waals surface area contributed by atoms with Crippen molar-refractivity contribution in [1.29, 1.82) is 0 Å². The summed E-state index contributed by atoms with van der Waals surface area (Å²) in [4.78, 5) is 11.7. The van der Waals surface area contributed by atoms with Gasteiger partial charge in [-0.2, -0.15) is 0 Å². The molecule has 2 aromatic rings. The molecule has 0 unspecified atom stereocenters. The van der Waals surface area contributed by atoms with E-state index in [1.165, 1.54) is 7.11 Å². The molecule has 104 valence electrons. The normalized spacial score (nSPS) is 10.1. The molecule has 0 spiro atoms. The second-order valence-corrected chi connectivity index (χ2v) is 4.52. The lowest BCUT2D eigenvalue weighted by atomic mass is 10.1. The van der Waals surface area contributed by atoms with Crippen molar-refractivity contribution in [2.45, 2.75) is 13.5 Å². The monoisotopic (exact) mass is 271 g/mol. The molecule has 0 fully saturated rings. The van der Waals surface area contributed by atoms with E-state index in [0.29, 0.717) is 23.6 Å². The highest BCUT2D eigenvalue weighted by Gasteiger charge is 2.13. The van der Waals surface area contributed by atoms with Crippen molar-refractivity contribution in [3.63, 3.8) is 0 Å². The second kappa shape index (κ2) is 6.10. The molecule has 0 radical (unpaired) electrons. The predicted molar refractivity (Wildman–Crippen MR) is 77.7 cm³/mol. The van der Waals surface area contributed by atoms with Crippen LogP contribution in [0.1, 0.15) is 21.5 Å². The van der Waals surface area contributed by atoms with Gasteiger partial charge < -0.3 is 15.2 Å². The molecular weight excluding hydrogens is 254 g/mol. The van der Waals surface area contributed by atoms with Crippen LogP contribution in [0.4, 0.5) is 5.69 Å². The van der Waals surface area contributed by atoms with E-state index in [-0.39, 0.29) is 0 Å². The first-order valence-corrected chi connectivity index (χ1v) is 6.26. The van der Waals surface area contributed by atoms with E-state index in [1.807, 2.05) is 31.2 Å². The maximum atomic E-state index is 11.7. The van der Waals surface area contributed by atoms with Crippen LogP contribution in [0.15, 0.2) is 42.5 Å². The smallest absolute Gasteiger partial charge is 0.341 e. The Bertz CT molecular complexity index is 623.